The molecule has 4 heterocycles. The van der Waals surface area contributed by atoms with Gasteiger partial charge >= 0.3 is 0 Å². The molecule has 0 spiro atoms. The molecule has 1 saturated heterocycles. The van der Waals surface area contributed by atoms with E-state index in [4.69, 9.17) is 4.98 Å². The molecule has 3 aromatic rings. The van der Waals surface area contributed by atoms with Crippen LogP contribution in [-0.2, 0) is 16.1 Å². The highest BCUT2D eigenvalue weighted by Crippen LogP contribution is 2.42. The topological polar surface area (TPSA) is 105 Å². The Balaban J connectivity index is 1.44. The first-order valence-corrected chi connectivity index (χ1v) is 9.79. The van der Waals surface area contributed by atoms with Crippen LogP contribution in [0.4, 0.5) is 17.3 Å². The minimum Gasteiger partial charge on any atom is -0.364 e. The monoisotopic (exact) mass is 391 g/mol. The SMILES string of the molecule is O=CNc1cc(NCc2cn3cc(C4CC4)cc(N4CCCC4=O)c3n2)ncn1. The van der Waals surface area contributed by atoms with Crippen molar-refractivity contribution in [3.63, 3.8) is 0 Å². The van der Waals surface area contributed by atoms with Crippen LogP contribution in [0.15, 0.2) is 30.9 Å². The second kappa shape index (κ2) is 7.16. The second-order valence-electron chi connectivity index (χ2n) is 7.45. The molecule has 3 aromatic heterocycles. The van der Waals surface area contributed by atoms with Gasteiger partial charge in [0.05, 0.1) is 17.9 Å². The van der Waals surface area contributed by atoms with Crippen LogP contribution in [-0.4, -0.2) is 38.2 Å². The number of nitrogens with one attached hydrogen (secondary N) is 2. The Bertz CT molecular complexity index is 1090. The van der Waals surface area contributed by atoms with Crippen molar-refractivity contribution in [3.05, 3.63) is 42.1 Å². The van der Waals surface area contributed by atoms with Gasteiger partial charge in [-0.15, -0.1) is 0 Å². The summed E-state index contributed by atoms with van der Waals surface area (Å²) in [5.74, 6) is 1.77. The summed E-state index contributed by atoms with van der Waals surface area (Å²) in [5.41, 5.74) is 3.81. The van der Waals surface area contributed by atoms with Crippen LogP contribution in [0.3, 0.4) is 0 Å². The Hall–Kier alpha value is -3.49. The molecular formula is C20H21N7O2. The lowest BCUT2D eigenvalue weighted by molar-refractivity contribution is -0.117. The van der Waals surface area contributed by atoms with E-state index in [0.29, 0.717) is 36.9 Å². The maximum absolute atomic E-state index is 12.3. The number of anilines is 3. The van der Waals surface area contributed by atoms with Gasteiger partial charge in [0.15, 0.2) is 5.65 Å². The van der Waals surface area contributed by atoms with Gasteiger partial charge in [-0.05, 0) is 36.8 Å². The van der Waals surface area contributed by atoms with Crippen LogP contribution >= 0.6 is 0 Å². The highest BCUT2D eigenvalue weighted by Gasteiger charge is 2.29. The smallest absolute Gasteiger partial charge is 0.227 e. The van der Waals surface area contributed by atoms with Gasteiger partial charge in [-0.25, -0.2) is 15.0 Å². The van der Waals surface area contributed by atoms with Gasteiger partial charge in [0.25, 0.3) is 0 Å². The van der Waals surface area contributed by atoms with Crippen molar-refractivity contribution in [3.8, 4) is 0 Å². The molecule has 5 rings (SSSR count). The van der Waals surface area contributed by atoms with E-state index in [-0.39, 0.29) is 5.91 Å². The van der Waals surface area contributed by atoms with Crippen molar-refractivity contribution in [1.82, 2.24) is 19.4 Å². The van der Waals surface area contributed by atoms with E-state index >= 15 is 0 Å². The van der Waals surface area contributed by atoms with Crippen LogP contribution in [0.5, 0.6) is 0 Å². The molecule has 2 N–H and O–H groups in total. The maximum Gasteiger partial charge on any atom is 0.227 e. The zero-order chi connectivity index (χ0) is 19.8. The zero-order valence-electron chi connectivity index (χ0n) is 15.8. The molecule has 1 saturated carbocycles. The van der Waals surface area contributed by atoms with E-state index in [0.717, 1.165) is 30.0 Å². The van der Waals surface area contributed by atoms with Gasteiger partial charge in [0.2, 0.25) is 12.3 Å². The molecule has 0 atom stereocenters. The lowest BCUT2D eigenvalue weighted by Gasteiger charge is -2.17. The normalized spacial score (nSPS) is 16.4. The zero-order valence-corrected chi connectivity index (χ0v) is 15.8. The first-order chi connectivity index (χ1) is 14.2. The average molecular weight is 391 g/mol. The summed E-state index contributed by atoms with van der Waals surface area (Å²) in [6, 6.07) is 3.80. The summed E-state index contributed by atoms with van der Waals surface area (Å²) in [6.45, 7) is 1.21. The number of aromatic nitrogens is 4. The number of nitrogens with zero attached hydrogens (tertiary/aromatic N) is 5. The van der Waals surface area contributed by atoms with Gasteiger partial charge in [0.1, 0.15) is 18.0 Å². The van der Waals surface area contributed by atoms with Gasteiger partial charge in [-0.2, -0.15) is 0 Å². The largest absolute Gasteiger partial charge is 0.364 e. The lowest BCUT2D eigenvalue weighted by Crippen LogP contribution is -2.24. The van der Waals surface area contributed by atoms with Crippen molar-refractivity contribution in [2.75, 3.05) is 22.1 Å². The highest BCUT2D eigenvalue weighted by molar-refractivity contribution is 5.98. The minimum absolute atomic E-state index is 0.165. The number of rotatable bonds is 7. The molecule has 29 heavy (non-hydrogen) atoms. The molecule has 0 bridgehead atoms. The Morgan fingerprint density at radius 3 is 2.79 bits per heavy atom. The molecule has 0 radical (unpaired) electrons. The fourth-order valence-electron chi connectivity index (χ4n) is 3.75. The maximum atomic E-state index is 12.3. The van der Waals surface area contributed by atoms with E-state index in [1.165, 1.54) is 24.7 Å². The van der Waals surface area contributed by atoms with Crippen LogP contribution in [0.2, 0.25) is 0 Å². The molecule has 1 aliphatic carbocycles. The number of hydrogen-bond donors (Lipinski definition) is 2. The van der Waals surface area contributed by atoms with Crippen molar-refractivity contribution in [1.29, 1.82) is 0 Å². The predicted molar refractivity (Wildman–Crippen MR) is 108 cm³/mol. The molecule has 0 unspecified atom stereocenters. The summed E-state index contributed by atoms with van der Waals surface area (Å²) in [4.78, 5) is 37.7. The number of carbonyl (C=O) groups is 2. The summed E-state index contributed by atoms with van der Waals surface area (Å²) < 4.78 is 2.03. The molecule has 9 nitrogen and oxygen atoms in total. The van der Waals surface area contributed by atoms with Crippen molar-refractivity contribution < 1.29 is 9.59 Å². The third-order valence-electron chi connectivity index (χ3n) is 5.34. The van der Waals surface area contributed by atoms with E-state index in [1.807, 2.05) is 15.5 Å². The molecule has 9 heteroatoms. The Morgan fingerprint density at radius 2 is 2.03 bits per heavy atom. The molecule has 2 amide bonds. The molecule has 0 aromatic carbocycles. The van der Waals surface area contributed by atoms with Gasteiger partial charge in [-0.3, -0.25) is 9.59 Å². The van der Waals surface area contributed by atoms with E-state index in [1.54, 1.807) is 6.07 Å². The Morgan fingerprint density at radius 1 is 1.17 bits per heavy atom. The minimum atomic E-state index is 0.165. The van der Waals surface area contributed by atoms with Gasteiger partial charge in [0, 0.05) is 31.4 Å². The summed E-state index contributed by atoms with van der Waals surface area (Å²) in [5, 5.41) is 5.71. The number of amides is 2. The molecule has 148 valence electrons. The van der Waals surface area contributed by atoms with Crippen molar-refractivity contribution in [2.45, 2.75) is 38.1 Å². The van der Waals surface area contributed by atoms with E-state index < -0.39 is 0 Å². The lowest BCUT2D eigenvalue weighted by atomic mass is 10.1. The van der Waals surface area contributed by atoms with Gasteiger partial charge in [-0.1, -0.05) is 0 Å². The summed E-state index contributed by atoms with van der Waals surface area (Å²) >= 11 is 0. The predicted octanol–water partition coefficient (Wildman–Crippen LogP) is 2.31. The second-order valence-corrected chi connectivity index (χ2v) is 7.45. The number of fused-ring (bicyclic) bond motifs is 1. The number of hydrogen-bond acceptors (Lipinski definition) is 6. The van der Waals surface area contributed by atoms with E-state index in [2.05, 4.69) is 32.9 Å². The van der Waals surface area contributed by atoms with Crippen molar-refractivity contribution in [2.24, 2.45) is 0 Å². The fourth-order valence-corrected chi connectivity index (χ4v) is 3.75. The number of pyridine rings is 1. The van der Waals surface area contributed by atoms with Crippen LogP contribution in [0, 0.1) is 0 Å². The summed E-state index contributed by atoms with van der Waals surface area (Å²) in [6.07, 6.45) is 9.97. The standard InChI is InChI=1S/C20H21N7O2/c28-12-24-18-7-17(22-11-23-18)21-8-15-10-26-9-14(13-3-4-13)6-16(20(26)25-15)27-5-1-2-19(27)29/h6-7,9-13H,1-5,8H2,(H2,21,22,23,24,28). The highest BCUT2D eigenvalue weighted by atomic mass is 16.2. The molecule has 1 aliphatic heterocycles. The molecule has 2 aliphatic rings. The van der Waals surface area contributed by atoms with Crippen LogP contribution in [0.25, 0.3) is 5.65 Å². The fraction of sp³-hybridized carbons (Fsp3) is 0.350. The third kappa shape index (κ3) is 3.51. The average Bonchev–Trinajstić information content (AvgIpc) is 3.36. The van der Waals surface area contributed by atoms with Crippen molar-refractivity contribution >= 4 is 35.3 Å². The van der Waals surface area contributed by atoms with Crippen LogP contribution in [0.1, 0.15) is 42.9 Å². The Kier molecular flexibility index (Phi) is 4.34. The number of imidazole rings is 1. The first-order valence-electron chi connectivity index (χ1n) is 9.79. The number of carbonyl (C=O) groups excluding carboxylic acids is 2. The summed E-state index contributed by atoms with van der Waals surface area (Å²) in [7, 11) is 0. The van der Waals surface area contributed by atoms with Crippen LogP contribution < -0.4 is 15.5 Å². The van der Waals surface area contributed by atoms with Gasteiger partial charge < -0.3 is 19.9 Å². The molecule has 2 fully saturated rings. The molecular weight excluding hydrogens is 370 g/mol. The first kappa shape index (κ1) is 17.6. The van der Waals surface area contributed by atoms with E-state index in [9.17, 15) is 9.59 Å². The quantitative estimate of drug-likeness (QED) is 0.599. The third-order valence-corrected chi connectivity index (χ3v) is 5.34. The Labute approximate surface area is 167 Å².